The number of nitrogens with zero attached hydrogens (tertiary/aromatic N) is 3. The molecule has 0 unspecified atom stereocenters. The van der Waals surface area contributed by atoms with Gasteiger partial charge in [0.15, 0.2) is 11.6 Å². The minimum Gasteiger partial charge on any atom is -0.382 e. The van der Waals surface area contributed by atoms with Crippen LogP contribution in [0.3, 0.4) is 0 Å². The molecule has 4 rings (SSSR count). The van der Waals surface area contributed by atoms with E-state index in [1.165, 1.54) is 12.4 Å². The summed E-state index contributed by atoms with van der Waals surface area (Å²) in [5, 5.41) is 18.4. The largest absolute Gasteiger partial charge is 0.382 e. The molecule has 4 N–H and O–H groups in total. The predicted molar refractivity (Wildman–Crippen MR) is 117 cm³/mol. The number of rotatable bonds is 5. The van der Waals surface area contributed by atoms with Crippen LogP contribution < -0.4 is 16.0 Å². The molecule has 1 fully saturated rings. The number of anilines is 1. The number of urea groups is 1. The Morgan fingerprint density at radius 3 is 2.78 bits per heavy atom. The zero-order valence-corrected chi connectivity index (χ0v) is 18.1. The van der Waals surface area contributed by atoms with Gasteiger partial charge in [0, 0.05) is 48.1 Å². The topological polar surface area (TPSA) is 121 Å². The number of carbonyl (C=O) groups excluding carboxylic acids is 1. The van der Waals surface area contributed by atoms with Crippen molar-refractivity contribution in [3.05, 3.63) is 41.5 Å². The number of hydrogen-bond acceptors (Lipinski definition) is 7. The molecular formula is C22H25FN6O3. The maximum absolute atomic E-state index is 15.8. The first-order valence-corrected chi connectivity index (χ1v) is 10.5. The minimum absolute atomic E-state index is 0.215. The van der Waals surface area contributed by atoms with E-state index in [2.05, 4.69) is 36.8 Å². The molecule has 2 amide bonds. The van der Waals surface area contributed by atoms with Crippen LogP contribution in [0.4, 0.5) is 20.6 Å². The second-order valence-corrected chi connectivity index (χ2v) is 8.11. The molecule has 2 aliphatic rings. The maximum Gasteiger partial charge on any atom is 0.320 e. The lowest BCUT2D eigenvalue weighted by Gasteiger charge is -2.23. The molecule has 1 aromatic heterocycles. The van der Waals surface area contributed by atoms with Crippen molar-refractivity contribution in [2.45, 2.75) is 45.3 Å². The standard InChI is InChI=1S/C22H25FN6O3/c1-4-24-21(30)29-16-11-25-14-8-13(12-9-26-20(27-10-12)22(2,3)31)18(23)17(19(14)28-16)15-6-5-7-32-15/h8-10,15,28,31H,4-7H2,1-3H3,(H2,24,29,30)/t15-/m1/s1. The van der Waals surface area contributed by atoms with Crippen molar-refractivity contribution in [2.24, 2.45) is 4.99 Å². The highest BCUT2D eigenvalue weighted by Crippen LogP contribution is 2.45. The van der Waals surface area contributed by atoms with Gasteiger partial charge in [0.2, 0.25) is 0 Å². The molecule has 2 aliphatic heterocycles. The van der Waals surface area contributed by atoms with Crippen LogP contribution in [0.25, 0.3) is 11.1 Å². The number of nitrogens with one attached hydrogen (secondary N) is 3. The fourth-order valence-electron chi connectivity index (χ4n) is 3.63. The Morgan fingerprint density at radius 1 is 1.41 bits per heavy atom. The average molecular weight is 440 g/mol. The number of carbonyl (C=O) groups is 1. The van der Waals surface area contributed by atoms with Crippen molar-refractivity contribution < 1.29 is 19.0 Å². The van der Waals surface area contributed by atoms with E-state index in [1.54, 1.807) is 26.8 Å². The second-order valence-electron chi connectivity index (χ2n) is 8.11. The fourth-order valence-corrected chi connectivity index (χ4v) is 3.63. The molecular weight excluding hydrogens is 415 g/mol. The van der Waals surface area contributed by atoms with Crippen LogP contribution in [0.2, 0.25) is 0 Å². The molecule has 9 nitrogen and oxygen atoms in total. The Morgan fingerprint density at radius 2 is 2.16 bits per heavy atom. The van der Waals surface area contributed by atoms with Crippen molar-refractivity contribution in [1.82, 2.24) is 20.6 Å². The quantitative estimate of drug-likeness (QED) is 0.566. The molecule has 0 bridgehead atoms. The lowest BCUT2D eigenvalue weighted by molar-refractivity contribution is 0.0687. The van der Waals surface area contributed by atoms with Gasteiger partial charge in [-0.05, 0) is 39.7 Å². The van der Waals surface area contributed by atoms with E-state index >= 15 is 4.39 Å². The molecule has 1 saturated heterocycles. The van der Waals surface area contributed by atoms with E-state index in [1.807, 2.05) is 0 Å². The number of hydrogen-bond donors (Lipinski definition) is 4. The summed E-state index contributed by atoms with van der Waals surface area (Å²) in [4.78, 5) is 24.6. The third-order valence-electron chi connectivity index (χ3n) is 5.16. The normalized spacial score (nSPS) is 17.4. The first-order valence-electron chi connectivity index (χ1n) is 10.5. The van der Waals surface area contributed by atoms with Crippen molar-refractivity contribution in [3.63, 3.8) is 0 Å². The number of fused-ring (bicyclic) bond motifs is 1. The second kappa shape index (κ2) is 8.66. The molecule has 0 radical (unpaired) electrons. The summed E-state index contributed by atoms with van der Waals surface area (Å²) in [6, 6.07) is 1.16. The van der Waals surface area contributed by atoms with Crippen LogP contribution in [-0.2, 0) is 10.3 Å². The highest BCUT2D eigenvalue weighted by atomic mass is 19.1. The summed E-state index contributed by atoms with van der Waals surface area (Å²) in [7, 11) is 0. The molecule has 0 saturated carbocycles. The third-order valence-corrected chi connectivity index (χ3v) is 5.16. The Bertz CT molecular complexity index is 1100. The zero-order chi connectivity index (χ0) is 22.9. The lowest BCUT2D eigenvalue weighted by atomic mass is 9.96. The van der Waals surface area contributed by atoms with Crippen LogP contribution in [-0.4, -0.2) is 40.1 Å². The Kier molecular flexibility index (Phi) is 5.92. The highest BCUT2D eigenvalue weighted by molar-refractivity contribution is 5.89. The summed E-state index contributed by atoms with van der Waals surface area (Å²) in [5.74, 6) is 2.72. The van der Waals surface area contributed by atoms with Gasteiger partial charge < -0.3 is 20.5 Å². The van der Waals surface area contributed by atoms with Crippen molar-refractivity contribution in [3.8, 4) is 11.1 Å². The number of aliphatic imine (C=N–C) groups is 1. The third kappa shape index (κ3) is 4.34. The van der Waals surface area contributed by atoms with Gasteiger partial charge >= 0.3 is 6.03 Å². The first kappa shape index (κ1) is 21.9. The Labute approximate surface area is 184 Å². The van der Waals surface area contributed by atoms with Crippen LogP contribution >= 0.6 is 0 Å². The van der Waals surface area contributed by atoms with Gasteiger partial charge in [0.1, 0.15) is 11.4 Å². The number of aromatic nitrogens is 2. The summed E-state index contributed by atoms with van der Waals surface area (Å²) in [6.07, 6.45) is 3.97. The van der Waals surface area contributed by atoms with Gasteiger partial charge in [-0.1, -0.05) is 0 Å². The van der Waals surface area contributed by atoms with Gasteiger partial charge in [-0.3, -0.25) is 5.32 Å². The molecule has 1 atom stereocenters. The van der Waals surface area contributed by atoms with Crippen molar-refractivity contribution in [2.75, 3.05) is 18.5 Å². The monoisotopic (exact) mass is 440 g/mol. The number of aliphatic hydroxyl groups is 1. The average Bonchev–Trinajstić information content (AvgIpc) is 3.27. The minimum atomic E-state index is -1.21. The Balaban J connectivity index is 1.78. The van der Waals surface area contributed by atoms with E-state index in [0.29, 0.717) is 42.1 Å². The maximum atomic E-state index is 15.8. The zero-order valence-electron chi connectivity index (χ0n) is 18.1. The first-order chi connectivity index (χ1) is 15.3. The van der Waals surface area contributed by atoms with E-state index in [9.17, 15) is 9.90 Å². The molecule has 0 spiro atoms. The molecule has 1 aromatic carbocycles. The van der Waals surface area contributed by atoms with Gasteiger partial charge in [-0.25, -0.2) is 24.1 Å². The van der Waals surface area contributed by atoms with Crippen molar-refractivity contribution in [1.29, 1.82) is 0 Å². The number of benzene rings is 1. The van der Waals surface area contributed by atoms with E-state index < -0.39 is 23.6 Å². The van der Waals surface area contributed by atoms with Crippen LogP contribution in [0.15, 0.2) is 29.3 Å². The lowest BCUT2D eigenvalue weighted by Crippen LogP contribution is -2.37. The smallest absolute Gasteiger partial charge is 0.320 e. The summed E-state index contributed by atoms with van der Waals surface area (Å²) >= 11 is 0. The molecule has 168 valence electrons. The Hall–Kier alpha value is -3.33. The summed E-state index contributed by atoms with van der Waals surface area (Å²) < 4.78 is 21.6. The van der Waals surface area contributed by atoms with Crippen LogP contribution in [0.5, 0.6) is 0 Å². The van der Waals surface area contributed by atoms with Crippen molar-refractivity contribution >= 4 is 23.3 Å². The predicted octanol–water partition coefficient (Wildman–Crippen LogP) is 3.25. The van der Waals surface area contributed by atoms with E-state index in [0.717, 1.165) is 6.42 Å². The van der Waals surface area contributed by atoms with Gasteiger partial charge in [-0.15, -0.1) is 0 Å². The summed E-state index contributed by atoms with van der Waals surface area (Å²) in [6.45, 7) is 5.96. The van der Waals surface area contributed by atoms with E-state index in [-0.39, 0.29) is 17.2 Å². The SMILES string of the molecule is CCNC(=O)NC1=C=Nc2cc(-c3cnc(C(C)(C)O)nc3)c(F)c([C@H]3CCCO3)c2N1. The van der Waals surface area contributed by atoms with Gasteiger partial charge in [0.05, 0.1) is 17.5 Å². The highest BCUT2D eigenvalue weighted by Gasteiger charge is 2.30. The van der Waals surface area contributed by atoms with Crippen LogP contribution in [0, 0.1) is 5.82 Å². The van der Waals surface area contributed by atoms with E-state index in [4.69, 9.17) is 4.74 Å². The van der Waals surface area contributed by atoms with Crippen LogP contribution in [0.1, 0.15) is 51.1 Å². The number of halogens is 1. The molecule has 0 aliphatic carbocycles. The number of ether oxygens (including phenoxy) is 1. The molecule has 2 aromatic rings. The number of amides is 2. The molecule has 32 heavy (non-hydrogen) atoms. The molecule has 10 heteroatoms. The fraction of sp³-hybridized carbons (Fsp3) is 0.409. The summed E-state index contributed by atoms with van der Waals surface area (Å²) in [5.41, 5.74) is 0.731. The van der Waals surface area contributed by atoms with Gasteiger partial charge in [0.25, 0.3) is 0 Å². The molecule has 3 heterocycles. The van der Waals surface area contributed by atoms with Gasteiger partial charge in [-0.2, -0.15) is 0 Å².